The van der Waals surface area contributed by atoms with Crippen LogP contribution < -0.4 is 10.1 Å². The van der Waals surface area contributed by atoms with Crippen LogP contribution in [0.4, 0.5) is 10.6 Å². The molecule has 2 aromatic heterocycles. The highest BCUT2D eigenvalue weighted by Gasteiger charge is 2.33. The van der Waals surface area contributed by atoms with E-state index in [1.807, 2.05) is 19.1 Å². The van der Waals surface area contributed by atoms with Crippen LogP contribution in [0.15, 0.2) is 12.1 Å². The van der Waals surface area contributed by atoms with E-state index in [0.717, 1.165) is 30.7 Å². The molecule has 0 spiro atoms. The van der Waals surface area contributed by atoms with Crippen LogP contribution in [0.25, 0.3) is 11.4 Å². The van der Waals surface area contributed by atoms with E-state index in [4.69, 9.17) is 9.47 Å². The summed E-state index contributed by atoms with van der Waals surface area (Å²) in [6.45, 7) is 4.53. The fourth-order valence-electron chi connectivity index (χ4n) is 3.78. The summed E-state index contributed by atoms with van der Waals surface area (Å²) in [5, 5.41) is 11.0. The van der Waals surface area contributed by atoms with Gasteiger partial charge in [0.1, 0.15) is 5.75 Å². The van der Waals surface area contributed by atoms with E-state index in [-0.39, 0.29) is 6.10 Å². The second-order valence-electron chi connectivity index (χ2n) is 8.26. The topological polar surface area (TPSA) is 91.2 Å². The summed E-state index contributed by atoms with van der Waals surface area (Å²) in [6.07, 6.45) is 6.82. The molecule has 0 aromatic carbocycles. The highest BCUT2D eigenvalue weighted by molar-refractivity contribution is 5.88. The smallest absolute Gasteiger partial charge is 0.412 e. The minimum absolute atomic E-state index is 0.271. The molecule has 4 rings (SSSR count). The minimum Gasteiger partial charge on any atom is -0.489 e. The maximum Gasteiger partial charge on any atom is 0.412 e. The Bertz CT molecular complexity index is 875. The first kappa shape index (κ1) is 19.7. The SMILES string of the molecule is Cc1nc(-c2nnn(C)c2NC(=O)OCC2CC2C)ccc1OC1CCCCC1. The number of ether oxygens (including phenoxy) is 2. The maximum atomic E-state index is 12.2. The molecule has 2 fully saturated rings. The number of aryl methyl sites for hydroxylation is 2. The fraction of sp³-hybridized carbons (Fsp3) is 0.619. The minimum atomic E-state index is -0.496. The van der Waals surface area contributed by atoms with E-state index in [1.54, 1.807) is 7.05 Å². The molecule has 156 valence electrons. The van der Waals surface area contributed by atoms with Gasteiger partial charge in [0.25, 0.3) is 0 Å². The number of aromatic nitrogens is 4. The predicted molar refractivity (Wildman–Crippen MR) is 109 cm³/mol. The van der Waals surface area contributed by atoms with Crippen molar-refractivity contribution in [3.63, 3.8) is 0 Å². The average molecular weight is 399 g/mol. The van der Waals surface area contributed by atoms with E-state index in [9.17, 15) is 4.79 Å². The summed E-state index contributed by atoms with van der Waals surface area (Å²) in [6, 6.07) is 3.79. The monoisotopic (exact) mass is 399 g/mol. The normalized spacial score (nSPS) is 21.6. The highest BCUT2D eigenvalue weighted by atomic mass is 16.5. The van der Waals surface area contributed by atoms with Crippen molar-refractivity contribution in [3.05, 3.63) is 17.8 Å². The third-order valence-corrected chi connectivity index (χ3v) is 5.88. The number of hydrogen-bond donors (Lipinski definition) is 1. The number of rotatable bonds is 6. The number of carbonyl (C=O) groups excluding carboxylic acids is 1. The number of hydrogen-bond acceptors (Lipinski definition) is 6. The predicted octanol–water partition coefficient (Wildman–Crippen LogP) is 4.10. The number of nitrogens with one attached hydrogen (secondary N) is 1. The summed E-state index contributed by atoms with van der Waals surface area (Å²) in [7, 11) is 1.72. The molecule has 8 heteroatoms. The summed E-state index contributed by atoms with van der Waals surface area (Å²) in [5.41, 5.74) is 1.95. The van der Waals surface area contributed by atoms with Gasteiger partial charge >= 0.3 is 6.09 Å². The lowest BCUT2D eigenvalue weighted by Gasteiger charge is -2.23. The van der Waals surface area contributed by atoms with Crippen molar-refractivity contribution in [2.45, 2.75) is 58.5 Å². The molecule has 1 amide bonds. The van der Waals surface area contributed by atoms with Crippen LogP contribution in [0.2, 0.25) is 0 Å². The van der Waals surface area contributed by atoms with Crippen molar-refractivity contribution in [1.82, 2.24) is 20.0 Å². The lowest BCUT2D eigenvalue weighted by molar-refractivity contribution is 0.153. The van der Waals surface area contributed by atoms with E-state index in [0.29, 0.717) is 35.6 Å². The molecule has 0 saturated heterocycles. The van der Waals surface area contributed by atoms with Gasteiger partial charge < -0.3 is 9.47 Å². The molecule has 2 aliphatic carbocycles. The van der Waals surface area contributed by atoms with E-state index in [2.05, 4.69) is 27.5 Å². The van der Waals surface area contributed by atoms with Crippen LogP contribution in [0, 0.1) is 18.8 Å². The Morgan fingerprint density at radius 2 is 2.03 bits per heavy atom. The molecule has 2 aromatic rings. The molecule has 2 atom stereocenters. The molecule has 1 N–H and O–H groups in total. The first-order valence-corrected chi connectivity index (χ1v) is 10.5. The molecular weight excluding hydrogens is 370 g/mol. The molecule has 0 radical (unpaired) electrons. The Morgan fingerprint density at radius 1 is 1.28 bits per heavy atom. The van der Waals surface area contributed by atoms with Crippen molar-refractivity contribution in [1.29, 1.82) is 0 Å². The summed E-state index contributed by atoms with van der Waals surface area (Å²) in [4.78, 5) is 16.8. The maximum absolute atomic E-state index is 12.2. The van der Waals surface area contributed by atoms with Crippen molar-refractivity contribution >= 4 is 11.9 Å². The lowest BCUT2D eigenvalue weighted by Crippen LogP contribution is -2.20. The Labute approximate surface area is 171 Å². The van der Waals surface area contributed by atoms with Crippen LogP contribution in [-0.4, -0.2) is 38.8 Å². The molecule has 0 aliphatic heterocycles. The highest BCUT2D eigenvalue weighted by Crippen LogP contribution is 2.37. The fourth-order valence-corrected chi connectivity index (χ4v) is 3.78. The third-order valence-electron chi connectivity index (χ3n) is 5.88. The van der Waals surface area contributed by atoms with Crippen LogP contribution >= 0.6 is 0 Å². The van der Waals surface area contributed by atoms with Gasteiger partial charge in [-0.15, -0.1) is 5.10 Å². The number of nitrogens with zero attached hydrogens (tertiary/aromatic N) is 4. The van der Waals surface area contributed by atoms with Crippen molar-refractivity contribution in [2.75, 3.05) is 11.9 Å². The van der Waals surface area contributed by atoms with Gasteiger partial charge in [0, 0.05) is 7.05 Å². The van der Waals surface area contributed by atoms with Gasteiger partial charge in [0.05, 0.1) is 24.1 Å². The zero-order chi connectivity index (χ0) is 20.4. The largest absolute Gasteiger partial charge is 0.489 e. The van der Waals surface area contributed by atoms with Gasteiger partial charge in [-0.05, 0) is 63.0 Å². The van der Waals surface area contributed by atoms with E-state index in [1.165, 1.54) is 23.9 Å². The second kappa shape index (κ2) is 8.39. The zero-order valence-corrected chi connectivity index (χ0v) is 17.4. The Kier molecular flexibility index (Phi) is 5.69. The van der Waals surface area contributed by atoms with Gasteiger partial charge in [-0.25, -0.2) is 14.5 Å². The number of carbonyl (C=O) groups is 1. The van der Waals surface area contributed by atoms with Crippen molar-refractivity contribution in [2.24, 2.45) is 18.9 Å². The first-order valence-electron chi connectivity index (χ1n) is 10.5. The van der Waals surface area contributed by atoms with Crippen molar-refractivity contribution in [3.8, 4) is 17.1 Å². The van der Waals surface area contributed by atoms with Gasteiger partial charge in [0.15, 0.2) is 11.5 Å². The van der Waals surface area contributed by atoms with E-state index < -0.39 is 6.09 Å². The number of amides is 1. The lowest BCUT2D eigenvalue weighted by atomic mass is 9.98. The summed E-state index contributed by atoms with van der Waals surface area (Å²) in [5.74, 6) is 2.38. The van der Waals surface area contributed by atoms with E-state index >= 15 is 0 Å². The standard InChI is InChI=1S/C21H29N5O3/c1-13-11-15(13)12-28-21(27)23-20-19(24-25-26(20)3)17-9-10-18(14(2)22-17)29-16-7-5-4-6-8-16/h9-10,13,15-16H,4-8,11-12H2,1-3H3,(H,23,27). The summed E-state index contributed by atoms with van der Waals surface area (Å²) >= 11 is 0. The summed E-state index contributed by atoms with van der Waals surface area (Å²) < 4.78 is 13.0. The first-order chi connectivity index (χ1) is 14.0. The van der Waals surface area contributed by atoms with Crippen LogP contribution in [0.5, 0.6) is 5.75 Å². The van der Waals surface area contributed by atoms with Crippen LogP contribution in [0.1, 0.15) is 51.1 Å². The van der Waals surface area contributed by atoms with Gasteiger partial charge in [-0.3, -0.25) is 5.32 Å². The van der Waals surface area contributed by atoms with Crippen molar-refractivity contribution < 1.29 is 14.3 Å². The number of anilines is 1. The molecule has 2 saturated carbocycles. The molecule has 0 bridgehead atoms. The zero-order valence-electron chi connectivity index (χ0n) is 17.4. The molecule has 8 nitrogen and oxygen atoms in total. The molecule has 2 unspecified atom stereocenters. The molecular formula is C21H29N5O3. The Morgan fingerprint density at radius 3 is 2.72 bits per heavy atom. The third kappa shape index (κ3) is 4.68. The van der Waals surface area contributed by atoms with Gasteiger partial charge in [-0.1, -0.05) is 18.6 Å². The molecule has 2 aliphatic rings. The van der Waals surface area contributed by atoms with Gasteiger partial charge in [-0.2, -0.15) is 0 Å². The van der Waals surface area contributed by atoms with Gasteiger partial charge in [0.2, 0.25) is 0 Å². The van der Waals surface area contributed by atoms with Crippen LogP contribution in [-0.2, 0) is 11.8 Å². The average Bonchev–Trinajstić information content (AvgIpc) is 3.31. The molecule has 2 heterocycles. The Hall–Kier alpha value is -2.64. The second-order valence-corrected chi connectivity index (χ2v) is 8.26. The number of pyridine rings is 1. The quantitative estimate of drug-likeness (QED) is 0.786. The Balaban J connectivity index is 1.45. The molecule has 29 heavy (non-hydrogen) atoms. The van der Waals surface area contributed by atoms with Crippen LogP contribution in [0.3, 0.4) is 0 Å².